The van der Waals surface area contributed by atoms with Crippen LogP contribution in [-0.2, 0) is 4.79 Å². The van der Waals surface area contributed by atoms with Gasteiger partial charge in [-0.2, -0.15) is 0 Å². The van der Waals surface area contributed by atoms with Crippen LogP contribution in [0, 0.1) is 0 Å². The van der Waals surface area contributed by atoms with Crippen LogP contribution in [0.1, 0.15) is 27.2 Å². The van der Waals surface area contributed by atoms with Gasteiger partial charge in [0, 0.05) is 6.92 Å². The number of hydrogen-bond donors (Lipinski definition) is 2. The Hall–Kier alpha value is -0.570. The molecule has 0 aromatic heterocycles. The minimum Gasteiger partial charge on any atom is -0.391 e. The summed E-state index contributed by atoms with van der Waals surface area (Å²) >= 11 is 0. The van der Waals surface area contributed by atoms with E-state index in [1.807, 2.05) is 6.92 Å². The molecule has 0 aliphatic carbocycles. The first kappa shape index (κ1) is 9.43. The highest BCUT2D eigenvalue weighted by atomic mass is 16.3. The molecule has 0 bridgehead atoms. The highest BCUT2D eigenvalue weighted by molar-refractivity contribution is 5.73. The molecule has 0 fully saturated rings. The van der Waals surface area contributed by atoms with E-state index in [0.29, 0.717) is 0 Å². The van der Waals surface area contributed by atoms with Gasteiger partial charge in [0.25, 0.3) is 0 Å². The Balaban J connectivity index is 3.71. The van der Waals surface area contributed by atoms with Crippen molar-refractivity contribution in [2.75, 3.05) is 0 Å². The van der Waals surface area contributed by atoms with Crippen molar-refractivity contribution in [1.82, 2.24) is 5.32 Å². The quantitative estimate of drug-likeness (QED) is 0.599. The SMILES string of the molecule is CC[C@H](NC(C)=O)C(C)O. The molecule has 3 nitrogen and oxygen atoms in total. The van der Waals surface area contributed by atoms with E-state index in [2.05, 4.69) is 5.32 Å². The fraction of sp³-hybridized carbons (Fsp3) is 0.857. The molecule has 2 atom stereocenters. The van der Waals surface area contributed by atoms with Gasteiger partial charge in [0.05, 0.1) is 12.1 Å². The summed E-state index contributed by atoms with van der Waals surface area (Å²) in [5, 5.41) is 11.7. The summed E-state index contributed by atoms with van der Waals surface area (Å²) in [5.74, 6) is -0.0900. The molecule has 0 saturated carbocycles. The molecule has 60 valence electrons. The zero-order chi connectivity index (χ0) is 8.15. The number of aliphatic hydroxyl groups excluding tert-OH is 1. The molecule has 2 N–H and O–H groups in total. The zero-order valence-corrected chi connectivity index (χ0v) is 6.72. The summed E-state index contributed by atoms with van der Waals surface area (Å²) in [6.45, 7) is 5.04. The monoisotopic (exact) mass is 145 g/mol. The molecule has 0 radical (unpaired) electrons. The van der Waals surface area contributed by atoms with Crippen LogP contribution in [0.4, 0.5) is 0 Å². The van der Waals surface area contributed by atoms with Gasteiger partial charge in [-0.15, -0.1) is 0 Å². The highest BCUT2D eigenvalue weighted by Gasteiger charge is 2.12. The Labute approximate surface area is 61.4 Å². The average Bonchev–Trinajstić information content (AvgIpc) is 1.81. The number of amides is 1. The van der Waals surface area contributed by atoms with E-state index in [0.717, 1.165) is 6.42 Å². The van der Waals surface area contributed by atoms with E-state index in [1.54, 1.807) is 6.92 Å². The van der Waals surface area contributed by atoms with Crippen molar-refractivity contribution in [3.63, 3.8) is 0 Å². The second kappa shape index (κ2) is 4.28. The number of aliphatic hydroxyl groups is 1. The molecular formula is C7H15NO2. The van der Waals surface area contributed by atoms with Crippen molar-refractivity contribution in [1.29, 1.82) is 0 Å². The van der Waals surface area contributed by atoms with Crippen molar-refractivity contribution in [3.8, 4) is 0 Å². The van der Waals surface area contributed by atoms with E-state index in [4.69, 9.17) is 5.11 Å². The maximum Gasteiger partial charge on any atom is 0.217 e. The van der Waals surface area contributed by atoms with Gasteiger partial charge in [-0.3, -0.25) is 4.79 Å². The van der Waals surface area contributed by atoms with Gasteiger partial charge in [-0.1, -0.05) is 6.92 Å². The number of carbonyl (C=O) groups is 1. The molecule has 3 heteroatoms. The summed E-state index contributed by atoms with van der Waals surface area (Å²) in [5.41, 5.74) is 0. The third-order valence-electron chi connectivity index (χ3n) is 1.41. The van der Waals surface area contributed by atoms with E-state index < -0.39 is 6.10 Å². The van der Waals surface area contributed by atoms with Crippen molar-refractivity contribution in [3.05, 3.63) is 0 Å². The van der Waals surface area contributed by atoms with Crippen molar-refractivity contribution < 1.29 is 9.90 Å². The average molecular weight is 145 g/mol. The van der Waals surface area contributed by atoms with Gasteiger partial charge in [-0.25, -0.2) is 0 Å². The Kier molecular flexibility index (Phi) is 4.03. The van der Waals surface area contributed by atoms with Crippen molar-refractivity contribution >= 4 is 5.91 Å². The standard InChI is InChI=1S/C7H15NO2/c1-4-7(5(2)9)8-6(3)10/h5,7,9H,4H2,1-3H3,(H,8,10)/t5?,7-/m0/s1. The number of nitrogens with one attached hydrogen (secondary N) is 1. The largest absolute Gasteiger partial charge is 0.391 e. The topological polar surface area (TPSA) is 49.3 Å². The van der Waals surface area contributed by atoms with Crippen LogP contribution < -0.4 is 5.32 Å². The Morgan fingerprint density at radius 3 is 2.30 bits per heavy atom. The van der Waals surface area contributed by atoms with Crippen LogP contribution in [0.2, 0.25) is 0 Å². The van der Waals surface area contributed by atoms with Crippen LogP contribution in [-0.4, -0.2) is 23.2 Å². The van der Waals surface area contributed by atoms with E-state index in [9.17, 15) is 4.79 Å². The lowest BCUT2D eigenvalue weighted by Gasteiger charge is -2.18. The molecule has 0 aliphatic rings. The highest BCUT2D eigenvalue weighted by Crippen LogP contribution is 1.96. The molecular weight excluding hydrogens is 130 g/mol. The minimum absolute atomic E-state index is 0.0900. The first-order chi connectivity index (χ1) is 4.57. The van der Waals surface area contributed by atoms with Crippen LogP contribution in [0.5, 0.6) is 0 Å². The first-order valence-corrected chi connectivity index (χ1v) is 3.53. The summed E-state index contributed by atoms with van der Waals surface area (Å²) < 4.78 is 0. The lowest BCUT2D eigenvalue weighted by Crippen LogP contribution is -2.40. The van der Waals surface area contributed by atoms with E-state index in [1.165, 1.54) is 6.92 Å². The van der Waals surface area contributed by atoms with Gasteiger partial charge >= 0.3 is 0 Å². The summed E-state index contributed by atoms with van der Waals surface area (Å²) in [6.07, 6.45) is 0.297. The van der Waals surface area contributed by atoms with Gasteiger partial charge in [0.2, 0.25) is 5.91 Å². The Morgan fingerprint density at radius 2 is 2.20 bits per heavy atom. The smallest absolute Gasteiger partial charge is 0.217 e. The summed E-state index contributed by atoms with van der Waals surface area (Å²) in [6, 6.07) is -0.0995. The molecule has 0 spiro atoms. The predicted molar refractivity (Wildman–Crippen MR) is 39.6 cm³/mol. The third kappa shape index (κ3) is 3.45. The first-order valence-electron chi connectivity index (χ1n) is 3.53. The van der Waals surface area contributed by atoms with Crippen molar-refractivity contribution in [2.45, 2.75) is 39.3 Å². The molecule has 0 heterocycles. The van der Waals surface area contributed by atoms with Crippen LogP contribution in [0.3, 0.4) is 0 Å². The lowest BCUT2D eigenvalue weighted by atomic mass is 10.1. The second-order valence-electron chi connectivity index (χ2n) is 2.46. The van der Waals surface area contributed by atoms with Crippen molar-refractivity contribution in [2.24, 2.45) is 0 Å². The molecule has 1 amide bonds. The number of hydrogen-bond acceptors (Lipinski definition) is 2. The molecule has 0 aromatic carbocycles. The normalized spacial score (nSPS) is 16.0. The molecule has 0 aromatic rings. The lowest BCUT2D eigenvalue weighted by molar-refractivity contribution is -0.120. The molecule has 0 aliphatic heterocycles. The number of carbonyl (C=O) groups excluding carboxylic acids is 1. The van der Waals surface area contributed by atoms with Gasteiger partial charge < -0.3 is 10.4 Å². The van der Waals surface area contributed by atoms with Crippen LogP contribution in [0.25, 0.3) is 0 Å². The molecule has 1 unspecified atom stereocenters. The predicted octanol–water partition coefficient (Wildman–Crippen LogP) is 0.282. The Bertz CT molecular complexity index is 112. The molecule has 0 saturated heterocycles. The van der Waals surface area contributed by atoms with E-state index >= 15 is 0 Å². The summed E-state index contributed by atoms with van der Waals surface area (Å²) in [7, 11) is 0. The third-order valence-corrected chi connectivity index (χ3v) is 1.41. The van der Waals surface area contributed by atoms with Crippen LogP contribution in [0.15, 0.2) is 0 Å². The van der Waals surface area contributed by atoms with Gasteiger partial charge in [-0.05, 0) is 13.3 Å². The fourth-order valence-electron chi connectivity index (χ4n) is 0.825. The molecule has 0 rings (SSSR count). The zero-order valence-electron chi connectivity index (χ0n) is 6.72. The van der Waals surface area contributed by atoms with Gasteiger partial charge in [0.15, 0.2) is 0 Å². The summed E-state index contributed by atoms with van der Waals surface area (Å²) in [4.78, 5) is 10.5. The number of rotatable bonds is 3. The van der Waals surface area contributed by atoms with E-state index in [-0.39, 0.29) is 11.9 Å². The Morgan fingerprint density at radius 1 is 1.70 bits per heavy atom. The maximum atomic E-state index is 10.5. The van der Waals surface area contributed by atoms with Crippen LogP contribution >= 0.6 is 0 Å². The molecule has 10 heavy (non-hydrogen) atoms. The van der Waals surface area contributed by atoms with Gasteiger partial charge in [0.1, 0.15) is 0 Å². The fourth-order valence-corrected chi connectivity index (χ4v) is 0.825. The maximum absolute atomic E-state index is 10.5. The second-order valence-corrected chi connectivity index (χ2v) is 2.46. The minimum atomic E-state index is -0.464.